The average Bonchev–Trinajstić information content (AvgIpc) is 2.49. The molecule has 1 aromatic carbocycles. The standard InChI is InChI=1S/C16H22N4O4/c1-16(2,3)24-12-8-4-6-10(13(12)20-18)15(23)19-11(14(17)22)7-5-9-21/h4,6,8-9,11,18H,5,7H2,1-3H3,(H2,17,22)(H,19,23). The Morgan fingerprint density at radius 3 is 2.58 bits per heavy atom. The maximum absolute atomic E-state index is 12.4. The van der Waals surface area contributed by atoms with E-state index in [1.165, 1.54) is 6.07 Å². The largest absolute Gasteiger partial charge is 0.486 e. The van der Waals surface area contributed by atoms with Crippen LogP contribution in [0.1, 0.15) is 44.0 Å². The summed E-state index contributed by atoms with van der Waals surface area (Å²) in [5.41, 5.74) is 12.2. The van der Waals surface area contributed by atoms with Crippen molar-refractivity contribution in [1.82, 2.24) is 5.32 Å². The molecule has 0 saturated heterocycles. The van der Waals surface area contributed by atoms with E-state index < -0.39 is 23.5 Å². The van der Waals surface area contributed by atoms with Crippen LogP contribution in [0.2, 0.25) is 0 Å². The summed E-state index contributed by atoms with van der Waals surface area (Å²) in [6, 6.07) is 3.69. The van der Waals surface area contributed by atoms with Crippen molar-refractivity contribution in [2.45, 2.75) is 45.3 Å². The number of rotatable bonds is 8. The maximum atomic E-state index is 12.4. The molecule has 130 valence electrons. The third-order valence-electron chi connectivity index (χ3n) is 2.99. The molecule has 8 heteroatoms. The fraction of sp³-hybridized carbons (Fsp3) is 0.438. The third kappa shape index (κ3) is 5.45. The van der Waals surface area contributed by atoms with Crippen LogP contribution in [-0.4, -0.2) is 29.7 Å². The van der Waals surface area contributed by atoms with Gasteiger partial charge >= 0.3 is 0 Å². The van der Waals surface area contributed by atoms with E-state index in [1.807, 2.05) is 20.8 Å². The van der Waals surface area contributed by atoms with Crippen LogP contribution < -0.4 is 15.8 Å². The maximum Gasteiger partial charge on any atom is 0.254 e. The molecule has 0 fully saturated rings. The summed E-state index contributed by atoms with van der Waals surface area (Å²) in [5.74, 6) is -1.07. The van der Waals surface area contributed by atoms with E-state index in [1.54, 1.807) is 12.1 Å². The number of benzene rings is 1. The van der Waals surface area contributed by atoms with Crippen LogP contribution in [0, 0.1) is 5.53 Å². The first-order chi connectivity index (χ1) is 11.2. The Morgan fingerprint density at radius 1 is 1.42 bits per heavy atom. The molecule has 0 aliphatic carbocycles. The summed E-state index contributed by atoms with van der Waals surface area (Å²) in [6.45, 7) is 5.49. The molecular weight excluding hydrogens is 312 g/mol. The minimum atomic E-state index is -0.978. The monoisotopic (exact) mass is 334 g/mol. The first kappa shape index (κ1) is 19.3. The number of carbonyl (C=O) groups excluding carboxylic acids is 3. The molecule has 1 atom stereocenters. The Bertz CT molecular complexity index is 637. The van der Waals surface area contributed by atoms with Crippen molar-refractivity contribution in [2.75, 3.05) is 0 Å². The normalized spacial score (nSPS) is 12.1. The Kier molecular flexibility index (Phi) is 6.58. The highest BCUT2D eigenvalue weighted by molar-refractivity contribution is 6.02. The van der Waals surface area contributed by atoms with Crippen molar-refractivity contribution >= 4 is 23.8 Å². The average molecular weight is 334 g/mol. The Labute approximate surface area is 140 Å². The van der Waals surface area contributed by atoms with E-state index in [4.69, 9.17) is 16.0 Å². The molecule has 0 heterocycles. The smallest absolute Gasteiger partial charge is 0.254 e. The summed E-state index contributed by atoms with van der Waals surface area (Å²) in [6.07, 6.45) is 0.845. The highest BCUT2D eigenvalue weighted by Crippen LogP contribution is 2.33. The summed E-state index contributed by atoms with van der Waals surface area (Å²) >= 11 is 0. The van der Waals surface area contributed by atoms with E-state index in [9.17, 15) is 14.4 Å². The van der Waals surface area contributed by atoms with Gasteiger partial charge in [-0.1, -0.05) is 6.07 Å². The molecule has 0 aliphatic rings. The molecule has 1 aromatic rings. The summed E-state index contributed by atoms with van der Waals surface area (Å²) in [4.78, 5) is 34.2. The van der Waals surface area contributed by atoms with E-state index >= 15 is 0 Å². The molecule has 0 bridgehead atoms. The predicted octanol–water partition coefficient (Wildman–Crippen LogP) is 2.09. The lowest BCUT2D eigenvalue weighted by atomic mass is 10.1. The fourth-order valence-corrected chi connectivity index (χ4v) is 1.99. The van der Waals surface area contributed by atoms with Gasteiger partial charge in [0.05, 0.1) is 5.56 Å². The molecule has 0 aromatic heterocycles. The van der Waals surface area contributed by atoms with Crippen LogP contribution in [0.15, 0.2) is 23.3 Å². The van der Waals surface area contributed by atoms with Crippen molar-refractivity contribution < 1.29 is 19.1 Å². The van der Waals surface area contributed by atoms with Crippen LogP contribution in [0.25, 0.3) is 0 Å². The van der Waals surface area contributed by atoms with Gasteiger partial charge in [-0.2, -0.15) is 5.11 Å². The van der Waals surface area contributed by atoms with Gasteiger partial charge in [0.1, 0.15) is 29.4 Å². The Hall–Kier alpha value is -2.77. The number of primary amides is 1. The molecule has 4 N–H and O–H groups in total. The second-order valence-electron chi connectivity index (χ2n) is 6.15. The number of carbonyl (C=O) groups is 3. The molecule has 2 amide bonds. The molecular formula is C16H22N4O4. The van der Waals surface area contributed by atoms with Gasteiger partial charge in [-0.3, -0.25) is 9.59 Å². The van der Waals surface area contributed by atoms with E-state index in [0.29, 0.717) is 6.29 Å². The summed E-state index contributed by atoms with van der Waals surface area (Å²) in [5, 5.41) is 5.84. The lowest BCUT2D eigenvalue weighted by Gasteiger charge is -2.23. The Balaban J connectivity index is 3.09. The highest BCUT2D eigenvalue weighted by atomic mass is 16.5. The number of aldehydes is 1. The van der Waals surface area contributed by atoms with Gasteiger partial charge in [-0.25, -0.2) is 5.53 Å². The molecule has 24 heavy (non-hydrogen) atoms. The van der Waals surface area contributed by atoms with Crippen LogP contribution in [0.3, 0.4) is 0 Å². The highest BCUT2D eigenvalue weighted by Gasteiger charge is 2.23. The van der Waals surface area contributed by atoms with Crippen molar-refractivity contribution in [3.63, 3.8) is 0 Å². The lowest BCUT2D eigenvalue weighted by Crippen LogP contribution is -2.44. The topological polar surface area (TPSA) is 135 Å². The van der Waals surface area contributed by atoms with Gasteiger partial charge in [-0.05, 0) is 39.3 Å². The first-order valence-electron chi connectivity index (χ1n) is 7.43. The van der Waals surface area contributed by atoms with E-state index in [2.05, 4.69) is 10.4 Å². The Morgan fingerprint density at radius 2 is 2.08 bits per heavy atom. The third-order valence-corrected chi connectivity index (χ3v) is 2.99. The molecule has 1 rings (SSSR count). The minimum absolute atomic E-state index is 0.0588. The predicted molar refractivity (Wildman–Crippen MR) is 87.4 cm³/mol. The second kappa shape index (κ2) is 8.19. The SMILES string of the molecule is CC(C)(C)Oc1cccc(C(=O)NC(CCC=O)C(N)=O)c1N=N. The number of para-hydroxylation sites is 1. The van der Waals surface area contributed by atoms with Crippen molar-refractivity contribution in [1.29, 1.82) is 5.53 Å². The second-order valence-corrected chi connectivity index (χ2v) is 6.15. The van der Waals surface area contributed by atoms with Crippen molar-refractivity contribution in [2.24, 2.45) is 10.8 Å². The molecule has 0 saturated carbocycles. The van der Waals surface area contributed by atoms with Gasteiger partial charge in [0.2, 0.25) is 5.91 Å². The zero-order valence-corrected chi connectivity index (χ0v) is 14.0. The molecule has 8 nitrogen and oxygen atoms in total. The number of hydrogen-bond donors (Lipinski definition) is 3. The van der Waals surface area contributed by atoms with Crippen molar-refractivity contribution in [3.05, 3.63) is 23.8 Å². The van der Waals surface area contributed by atoms with Gasteiger partial charge in [0.25, 0.3) is 5.91 Å². The summed E-state index contributed by atoms with van der Waals surface area (Å²) in [7, 11) is 0. The zero-order valence-electron chi connectivity index (χ0n) is 14.0. The van der Waals surface area contributed by atoms with Crippen LogP contribution in [-0.2, 0) is 9.59 Å². The zero-order chi connectivity index (χ0) is 18.3. The van der Waals surface area contributed by atoms with Gasteiger partial charge in [0.15, 0.2) is 0 Å². The number of nitrogens with one attached hydrogen (secondary N) is 2. The van der Waals surface area contributed by atoms with Crippen LogP contribution >= 0.6 is 0 Å². The first-order valence-corrected chi connectivity index (χ1v) is 7.43. The van der Waals surface area contributed by atoms with Crippen LogP contribution in [0.4, 0.5) is 5.69 Å². The molecule has 0 spiro atoms. The number of nitrogens with two attached hydrogens (primary N) is 1. The fourth-order valence-electron chi connectivity index (χ4n) is 1.99. The van der Waals surface area contributed by atoms with Crippen molar-refractivity contribution in [3.8, 4) is 5.75 Å². The number of ether oxygens (including phenoxy) is 1. The summed E-state index contributed by atoms with van der Waals surface area (Å²) < 4.78 is 5.70. The molecule has 0 radical (unpaired) electrons. The number of hydrogen-bond acceptors (Lipinski definition) is 6. The quantitative estimate of drug-likeness (QED) is 0.495. The number of nitrogens with zero attached hydrogens (tertiary/aromatic N) is 1. The van der Waals surface area contributed by atoms with E-state index in [-0.39, 0.29) is 29.8 Å². The van der Waals surface area contributed by atoms with Gasteiger partial charge in [-0.15, -0.1) is 0 Å². The minimum Gasteiger partial charge on any atom is -0.486 e. The van der Waals surface area contributed by atoms with Gasteiger partial charge < -0.3 is 20.6 Å². The van der Waals surface area contributed by atoms with E-state index in [0.717, 1.165) is 0 Å². The molecule has 1 unspecified atom stereocenters. The van der Waals surface area contributed by atoms with Crippen LogP contribution in [0.5, 0.6) is 5.75 Å². The molecule has 0 aliphatic heterocycles. The lowest BCUT2D eigenvalue weighted by molar-refractivity contribution is -0.120. The van der Waals surface area contributed by atoms with Gasteiger partial charge in [0, 0.05) is 6.42 Å². The number of amides is 2.